The van der Waals surface area contributed by atoms with E-state index in [1.165, 1.54) is 0 Å². The Balaban J connectivity index is 2.25. The van der Waals surface area contributed by atoms with Gasteiger partial charge >= 0.3 is 5.97 Å². The molecule has 0 saturated heterocycles. The van der Waals surface area contributed by atoms with Gasteiger partial charge in [0.15, 0.2) is 6.61 Å². The maximum atomic E-state index is 11.3. The number of methoxy groups -OCH3 is 1. The van der Waals surface area contributed by atoms with Crippen LogP contribution in [0.15, 0.2) is 30.3 Å². The summed E-state index contributed by atoms with van der Waals surface area (Å²) in [6.07, 6.45) is -0.253. The summed E-state index contributed by atoms with van der Waals surface area (Å²) in [7, 11) is 1.56. The summed E-state index contributed by atoms with van der Waals surface area (Å²) in [4.78, 5) is 11.3. The van der Waals surface area contributed by atoms with E-state index in [-0.39, 0.29) is 12.7 Å². The van der Waals surface area contributed by atoms with Crippen molar-refractivity contribution < 1.29 is 19.0 Å². The second kappa shape index (κ2) is 6.85. The van der Waals surface area contributed by atoms with E-state index in [0.717, 1.165) is 0 Å². The molecule has 0 heterocycles. The van der Waals surface area contributed by atoms with E-state index in [2.05, 4.69) is 0 Å². The van der Waals surface area contributed by atoms with Crippen LogP contribution in [-0.4, -0.2) is 32.4 Å². The Labute approximate surface area is 95.1 Å². The Bertz CT molecular complexity index is 310. The quantitative estimate of drug-likeness (QED) is 0.689. The summed E-state index contributed by atoms with van der Waals surface area (Å²) in [5.74, 6) is 0.257. The van der Waals surface area contributed by atoms with Crippen LogP contribution in [0.4, 0.5) is 0 Å². The van der Waals surface area contributed by atoms with Crippen LogP contribution in [-0.2, 0) is 14.3 Å². The molecule has 0 spiro atoms. The Morgan fingerprint density at radius 3 is 2.62 bits per heavy atom. The van der Waals surface area contributed by atoms with Crippen molar-refractivity contribution in [3.63, 3.8) is 0 Å². The average Bonchev–Trinajstić information content (AvgIpc) is 2.28. The number of benzene rings is 1. The molecule has 0 aliphatic carbocycles. The smallest absolute Gasteiger partial charge is 0.344 e. The number of ether oxygens (including phenoxy) is 3. The number of hydrogen-bond acceptors (Lipinski definition) is 4. The Morgan fingerprint density at radius 2 is 2.00 bits per heavy atom. The summed E-state index contributed by atoms with van der Waals surface area (Å²) in [5.41, 5.74) is 0. The number of para-hydroxylation sites is 1. The molecular formula is C12H16O4. The second-order valence-corrected chi connectivity index (χ2v) is 3.36. The fraction of sp³-hybridized carbons (Fsp3) is 0.417. The topological polar surface area (TPSA) is 44.8 Å². The van der Waals surface area contributed by atoms with Crippen molar-refractivity contribution in [1.82, 2.24) is 0 Å². The molecule has 0 radical (unpaired) electrons. The van der Waals surface area contributed by atoms with Gasteiger partial charge in [-0.05, 0) is 19.1 Å². The van der Waals surface area contributed by atoms with Gasteiger partial charge in [-0.2, -0.15) is 0 Å². The van der Waals surface area contributed by atoms with E-state index < -0.39 is 5.97 Å². The summed E-state index contributed by atoms with van der Waals surface area (Å²) >= 11 is 0. The van der Waals surface area contributed by atoms with E-state index >= 15 is 0 Å². The predicted octanol–water partition coefficient (Wildman–Crippen LogP) is 1.64. The largest absolute Gasteiger partial charge is 0.482 e. The van der Waals surface area contributed by atoms with Gasteiger partial charge in [0, 0.05) is 7.11 Å². The van der Waals surface area contributed by atoms with Crippen LogP contribution in [0.2, 0.25) is 0 Å². The molecule has 4 heteroatoms. The second-order valence-electron chi connectivity index (χ2n) is 3.36. The molecule has 1 unspecified atom stereocenters. The molecule has 0 aliphatic heterocycles. The lowest BCUT2D eigenvalue weighted by Crippen LogP contribution is -2.23. The molecule has 4 nitrogen and oxygen atoms in total. The highest BCUT2D eigenvalue weighted by Crippen LogP contribution is 2.08. The molecule has 0 aliphatic rings. The van der Waals surface area contributed by atoms with Crippen LogP contribution in [0.3, 0.4) is 0 Å². The highest BCUT2D eigenvalue weighted by Gasteiger charge is 2.09. The van der Waals surface area contributed by atoms with E-state index in [1.807, 2.05) is 18.2 Å². The van der Waals surface area contributed by atoms with Gasteiger partial charge in [0.2, 0.25) is 0 Å². The number of rotatable bonds is 6. The van der Waals surface area contributed by atoms with Crippen LogP contribution >= 0.6 is 0 Å². The van der Waals surface area contributed by atoms with Gasteiger partial charge in [-0.25, -0.2) is 4.79 Å². The molecular weight excluding hydrogens is 208 g/mol. The van der Waals surface area contributed by atoms with Crippen LogP contribution in [0, 0.1) is 0 Å². The van der Waals surface area contributed by atoms with Gasteiger partial charge in [0.1, 0.15) is 11.9 Å². The molecule has 0 bridgehead atoms. The van der Waals surface area contributed by atoms with E-state index in [9.17, 15) is 4.79 Å². The van der Waals surface area contributed by atoms with Crippen molar-refractivity contribution >= 4 is 5.97 Å². The highest BCUT2D eigenvalue weighted by molar-refractivity contribution is 5.71. The Kier molecular flexibility index (Phi) is 5.36. The van der Waals surface area contributed by atoms with Gasteiger partial charge in [0.25, 0.3) is 0 Å². The average molecular weight is 224 g/mol. The van der Waals surface area contributed by atoms with Gasteiger partial charge in [-0.1, -0.05) is 18.2 Å². The maximum absolute atomic E-state index is 11.3. The lowest BCUT2D eigenvalue weighted by molar-refractivity contribution is -0.152. The first-order valence-electron chi connectivity index (χ1n) is 5.08. The number of carbonyl (C=O) groups excluding carboxylic acids is 1. The van der Waals surface area contributed by atoms with E-state index in [4.69, 9.17) is 14.2 Å². The number of carbonyl (C=O) groups is 1. The zero-order valence-electron chi connectivity index (χ0n) is 9.51. The van der Waals surface area contributed by atoms with E-state index in [1.54, 1.807) is 26.2 Å². The van der Waals surface area contributed by atoms with E-state index in [0.29, 0.717) is 12.4 Å². The summed E-state index contributed by atoms with van der Waals surface area (Å²) in [6, 6.07) is 9.13. The SMILES string of the molecule is COCC(C)OC(=O)COc1ccccc1. The summed E-state index contributed by atoms with van der Waals surface area (Å²) in [5, 5.41) is 0. The molecule has 0 amide bonds. The molecule has 88 valence electrons. The summed E-state index contributed by atoms with van der Waals surface area (Å²) in [6.45, 7) is 2.07. The lowest BCUT2D eigenvalue weighted by Gasteiger charge is -2.12. The van der Waals surface area contributed by atoms with Crippen molar-refractivity contribution in [3.05, 3.63) is 30.3 Å². The molecule has 0 saturated carbocycles. The summed E-state index contributed by atoms with van der Waals surface area (Å²) < 4.78 is 15.1. The first-order chi connectivity index (χ1) is 7.72. The van der Waals surface area contributed by atoms with Crippen LogP contribution in [0.25, 0.3) is 0 Å². The third-order valence-corrected chi connectivity index (χ3v) is 1.83. The molecule has 1 rings (SSSR count). The molecule has 1 aromatic carbocycles. The van der Waals surface area contributed by atoms with Gasteiger partial charge in [-0.3, -0.25) is 0 Å². The molecule has 16 heavy (non-hydrogen) atoms. The monoisotopic (exact) mass is 224 g/mol. The molecule has 1 atom stereocenters. The minimum atomic E-state index is -0.395. The fourth-order valence-corrected chi connectivity index (χ4v) is 1.19. The molecule has 0 N–H and O–H groups in total. The first kappa shape index (κ1) is 12.5. The molecule has 0 fully saturated rings. The zero-order valence-corrected chi connectivity index (χ0v) is 9.51. The van der Waals surface area contributed by atoms with Gasteiger partial charge in [0.05, 0.1) is 6.61 Å². The third kappa shape index (κ3) is 4.79. The minimum Gasteiger partial charge on any atom is -0.482 e. The normalized spacial score (nSPS) is 11.9. The lowest BCUT2D eigenvalue weighted by atomic mass is 10.3. The highest BCUT2D eigenvalue weighted by atomic mass is 16.6. The van der Waals surface area contributed by atoms with Crippen molar-refractivity contribution in [2.24, 2.45) is 0 Å². The molecule has 0 aromatic heterocycles. The maximum Gasteiger partial charge on any atom is 0.344 e. The van der Waals surface area contributed by atoms with Crippen LogP contribution in [0.1, 0.15) is 6.92 Å². The number of esters is 1. The first-order valence-corrected chi connectivity index (χ1v) is 5.08. The number of hydrogen-bond donors (Lipinski definition) is 0. The third-order valence-electron chi connectivity index (χ3n) is 1.83. The van der Waals surface area contributed by atoms with Crippen molar-refractivity contribution in [2.75, 3.05) is 20.3 Å². The predicted molar refractivity (Wildman–Crippen MR) is 59.4 cm³/mol. The zero-order chi connectivity index (χ0) is 11.8. The van der Waals surface area contributed by atoms with Crippen molar-refractivity contribution in [2.45, 2.75) is 13.0 Å². The van der Waals surface area contributed by atoms with Crippen molar-refractivity contribution in [1.29, 1.82) is 0 Å². The van der Waals surface area contributed by atoms with Crippen LogP contribution < -0.4 is 4.74 Å². The minimum absolute atomic E-state index is 0.0853. The fourth-order valence-electron chi connectivity index (χ4n) is 1.19. The Hall–Kier alpha value is -1.55. The van der Waals surface area contributed by atoms with Gasteiger partial charge < -0.3 is 14.2 Å². The molecule has 1 aromatic rings. The standard InChI is InChI=1S/C12H16O4/c1-10(8-14-2)16-12(13)9-15-11-6-4-3-5-7-11/h3-7,10H,8-9H2,1-2H3. The van der Waals surface area contributed by atoms with Crippen molar-refractivity contribution in [3.8, 4) is 5.75 Å². The van der Waals surface area contributed by atoms with Gasteiger partial charge in [-0.15, -0.1) is 0 Å². The Morgan fingerprint density at radius 1 is 1.31 bits per heavy atom. The van der Waals surface area contributed by atoms with Crippen LogP contribution in [0.5, 0.6) is 5.75 Å².